The number of carbonyl (C=O) groups excluding carboxylic acids is 1. The number of aromatic amines is 1. The van der Waals surface area contributed by atoms with Crippen LogP contribution >= 0.6 is 0 Å². The zero-order valence-corrected chi connectivity index (χ0v) is 9.93. The van der Waals surface area contributed by atoms with Crippen molar-refractivity contribution in [2.45, 2.75) is 12.5 Å². The number of nitrogens with zero attached hydrogens (tertiary/aromatic N) is 1. The van der Waals surface area contributed by atoms with E-state index < -0.39 is 12.0 Å². The second-order valence-corrected chi connectivity index (χ2v) is 3.99. The van der Waals surface area contributed by atoms with Crippen molar-refractivity contribution >= 4 is 16.9 Å². The molecule has 0 fully saturated rings. The molecule has 0 saturated carbocycles. The second kappa shape index (κ2) is 4.90. The van der Waals surface area contributed by atoms with E-state index in [0.717, 1.165) is 16.5 Å². The molecule has 0 aliphatic carbocycles. The van der Waals surface area contributed by atoms with E-state index >= 15 is 0 Å². The summed E-state index contributed by atoms with van der Waals surface area (Å²) in [6, 6.07) is 6.84. The molecule has 18 heavy (non-hydrogen) atoms. The van der Waals surface area contributed by atoms with Crippen LogP contribution in [0.5, 0.6) is 0 Å². The third-order valence-corrected chi connectivity index (χ3v) is 2.85. The van der Waals surface area contributed by atoms with Crippen molar-refractivity contribution in [1.82, 2.24) is 4.98 Å². The molecule has 2 aromatic rings. The van der Waals surface area contributed by atoms with Crippen molar-refractivity contribution in [3.05, 3.63) is 35.5 Å². The molecule has 5 nitrogen and oxygen atoms in total. The number of rotatable bonds is 3. The monoisotopic (exact) mass is 243 g/mol. The summed E-state index contributed by atoms with van der Waals surface area (Å²) in [6.45, 7) is 0. The topological polar surface area (TPSA) is 91.9 Å². The molecule has 0 saturated heterocycles. The highest BCUT2D eigenvalue weighted by Crippen LogP contribution is 2.23. The van der Waals surface area contributed by atoms with Crippen LogP contribution in [0.4, 0.5) is 0 Å². The van der Waals surface area contributed by atoms with Crippen molar-refractivity contribution in [2.24, 2.45) is 5.73 Å². The van der Waals surface area contributed by atoms with Crippen LogP contribution in [0.1, 0.15) is 11.1 Å². The van der Waals surface area contributed by atoms with Crippen molar-refractivity contribution < 1.29 is 9.53 Å². The number of nitriles is 1. The van der Waals surface area contributed by atoms with E-state index in [1.54, 1.807) is 18.3 Å². The van der Waals surface area contributed by atoms with Crippen LogP contribution in [0.15, 0.2) is 24.4 Å². The van der Waals surface area contributed by atoms with Crippen LogP contribution in [0.2, 0.25) is 0 Å². The van der Waals surface area contributed by atoms with Crippen LogP contribution in [0.25, 0.3) is 10.9 Å². The zero-order chi connectivity index (χ0) is 13.1. The first-order valence-corrected chi connectivity index (χ1v) is 5.50. The molecule has 3 N–H and O–H groups in total. The van der Waals surface area contributed by atoms with Crippen LogP contribution in [0, 0.1) is 11.3 Å². The Morgan fingerprint density at radius 2 is 2.39 bits per heavy atom. The van der Waals surface area contributed by atoms with E-state index in [2.05, 4.69) is 15.8 Å². The number of carbonyl (C=O) groups is 1. The first kappa shape index (κ1) is 12.1. The fraction of sp³-hybridized carbons (Fsp3) is 0.231. The molecule has 0 amide bonds. The molecular weight excluding hydrogens is 230 g/mol. The Bertz CT molecular complexity index is 625. The van der Waals surface area contributed by atoms with Crippen molar-refractivity contribution in [2.75, 3.05) is 7.11 Å². The summed E-state index contributed by atoms with van der Waals surface area (Å²) >= 11 is 0. The summed E-state index contributed by atoms with van der Waals surface area (Å²) in [6.07, 6.45) is 2.11. The number of ether oxygens (including phenoxy) is 1. The van der Waals surface area contributed by atoms with Gasteiger partial charge in [0.2, 0.25) is 0 Å². The normalized spacial score (nSPS) is 12.1. The minimum Gasteiger partial charge on any atom is -0.468 e. The number of methoxy groups -OCH3 is 1. The highest BCUT2D eigenvalue weighted by Gasteiger charge is 2.17. The Morgan fingerprint density at radius 1 is 1.61 bits per heavy atom. The van der Waals surface area contributed by atoms with Gasteiger partial charge in [-0.2, -0.15) is 5.26 Å². The SMILES string of the molecule is COC(=O)C(N)Cc1c[nH]c2cccc(C#N)c12. The third-order valence-electron chi connectivity index (χ3n) is 2.85. The highest BCUT2D eigenvalue weighted by molar-refractivity contribution is 5.89. The van der Waals surface area contributed by atoms with Crippen LogP contribution < -0.4 is 5.73 Å². The van der Waals surface area contributed by atoms with E-state index in [1.807, 2.05) is 6.07 Å². The van der Waals surface area contributed by atoms with Gasteiger partial charge in [0, 0.05) is 23.5 Å². The molecule has 0 aliphatic rings. The van der Waals surface area contributed by atoms with Gasteiger partial charge in [-0.15, -0.1) is 0 Å². The summed E-state index contributed by atoms with van der Waals surface area (Å²) < 4.78 is 4.59. The third kappa shape index (κ3) is 2.06. The van der Waals surface area contributed by atoms with E-state index in [9.17, 15) is 4.79 Å². The molecule has 0 spiro atoms. The zero-order valence-electron chi connectivity index (χ0n) is 9.93. The van der Waals surface area contributed by atoms with E-state index in [-0.39, 0.29) is 0 Å². The number of esters is 1. The fourth-order valence-electron chi connectivity index (χ4n) is 1.98. The summed E-state index contributed by atoms with van der Waals surface area (Å²) in [5.74, 6) is -0.459. The summed E-state index contributed by atoms with van der Waals surface area (Å²) in [5.41, 5.74) is 8.01. The fourth-order valence-corrected chi connectivity index (χ4v) is 1.98. The summed E-state index contributed by atoms with van der Waals surface area (Å²) in [4.78, 5) is 14.4. The molecule has 1 atom stereocenters. The Morgan fingerprint density at radius 3 is 3.06 bits per heavy atom. The van der Waals surface area contributed by atoms with E-state index in [1.165, 1.54) is 7.11 Å². The van der Waals surface area contributed by atoms with Crippen LogP contribution in [-0.4, -0.2) is 24.1 Å². The lowest BCUT2D eigenvalue weighted by Gasteiger charge is -2.08. The molecule has 0 radical (unpaired) electrons. The van der Waals surface area contributed by atoms with Gasteiger partial charge in [-0.3, -0.25) is 4.79 Å². The van der Waals surface area contributed by atoms with Gasteiger partial charge in [0.05, 0.1) is 18.7 Å². The average Bonchev–Trinajstić information content (AvgIpc) is 2.81. The van der Waals surface area contributed by atoms with Gasteiger partial charge >= 0.3 is 5.97 Å². The molecule has 0 aliphatic heterocycles. The van der Waals surface area contributed by atoms with Crippen molar-refractivity contribution in [3.8, 4) is 6.07 Å². The lowest BCUT2D eigenvalue weighted by molar-refractivity contribution is -0.142. The standard InChI is InChI=1S/C13H13N3O2/c1-18-13(17)10(15)5-9-7-16-11-4-2-3-8(6-14)12(9)11/h2-4,7,10,16H,5,15H2,1H3. The van der Waals surface area contributed by atoms with Crippen LogP contribution in [0.3, 0.4) is 0 Å². The first-order valence-electron chi connectivity index (χ1n) is 5.50. The lowest BCUT2D eigenvalue weighted by atomic mass is 10.0. The highest BCUT2D eigenvalue weighted by atomic mass is 16.5. The number of nitrogens with two attached hydrogens (primary N) is 1. The van der Waals surface area contributed by atoms with Gasteiger partial charge in [-0.05, 0) is 17.7 Å². The average molecular weight is 243 g/mol. The number of benzene rings is 1. The quantitative estimate of drug-likeness (QED) is 0.789. The summed E-state index contributed by atoms with van der Waals surface area (Å²) in [7, 11) is 1.30. The predicted octanol–water partition coefficient (Wildman–Crippen LogP) is 1.08. The van der Waals surface area contributed by atoms with Gasteiger partial charge in [0.25, 0.3) is 0 Å². The molecule has 1 heterocycles. The molecular formula is C13H13N3O2. The van der Waals surface area contributed by atoms with Gasteiger partial charge in [-0.25, -0.2) is 0 Å². The number of aromatic nitrogens is 1. The molecule has 92 valence electrons. The second-order valence-electron chi connectivity index (χ2n) is 3.99. The molecule has 1 unspecified atom stereocenters. The molecule has 1 aromatic heterocycles. The minimum atomic E-state index is -0.722. The van der Waals surface area contributed by atoms with E-state index in [4.69, 9.17) is 11.0 Å². The maximum absolute atomic E-state index is 11.3. The van der Waals surface area contributed by atoms with Gasteiger partial charge in [0.1, 0.15) is 6.04 Å². The van der Waals surface area contributed by atoms with Crippen molar-refractivity contribution in [3.63, 3.8) is 0 Å². The van der Waals surface area contributed by atoms with E-state index in [0.29, 0.717) is 12.0 Å². The number of nitrogens with one attached hydrogen (secondary N) is 1. The lowest BCUT2D eigenvalue weighted by Crippen LogP contribution is -2.33. The molecule has 0 bridgehead atoms. The molecule has 2 rings (SSSR count). The first-order chi connectivity index (χ1) is 8.67. The number of H-pyrrole nitrogens is 1. The number of hydrogen-bond donors (Lipinski definition) is 2. The minimum absolute atomic E-state index is 0.339. The summed E-state index contributed by atoms with van der Waals surface area (Å²) in [5, 5.41) is 9.90. The van der Waals surface area contributed by atoms with Gasteiger partial charge in [-0.1, -0.05) is 6.07 Å². The Hall–Kier alpha value is -2.32. The van der Waals surface area contributed by atoms with Crippen molar-refractivity contribution in [1.29, 1.82) is 5.26 Å². The van der Waals surface area contributed by atoms with Gasteiger partial charge < -0.3 is 15.5 Å². The Balaban J connectivity index is 2.41. The van der Waals surface area contributed by atoms with Crippen LogP contribution in [-0.2, 0) is 16.0 Å². The predicted molar refractivity (Wildman–Crippen MR) is 66.7 cm³/mol. The maximum atomic E-state index is 11.3. The number of hydrogen-bond acceptors (Lipinski definition) is 4. The van der Waals surface area contributed by atoms with Gasteiger partial charge in [0.15, 0.2) is 0 Å². The molecule has 1 aromatic carbocycles. The molecule has 5 heteroatoms. The smallest absolute Gasteiger partial charge is 0.322 e. The Labute approximate surface area is 104 Å². The maximum Gasteiger partial charge on any atom is 0.322 e. The number of fused-ring (bicyclic) bond motifs is 1. The largest absolute Gasteiger partial charge is 0.468 e. The Kier molecular flexibility index (Phi) is 3.31.